The van der Waals surface area contributed by atoms with Crippen LogP contribution in [-0.2, 0) is 6.42 Å². The SMILES string of the molecule is C=CC1CCC(C2CCC(CCc3cc(F)c(/C=C/C(F)(F)F)c(F)c3)CC2)CC1. The van der Waals surface area contributed by atoms with E-state index in [2.05, 4.69) is 12.7 Å². The molecule has 0 aliphatic heterocycles. The third kappa shape index (κ3) is 6.42. The van der Waals surface area contributed by atoms with Crippen LogP contribution in [-0.4, -0.2) is 6.18 Å². The van der Waals surface area contributed by atoms with Crippen molar-refractivity contribution < 1.29 is 22.0 Å². The van der Waals surface area contributed by atoms with Crippen LogP contribution >= 0.6 is 0 Å². The number of hydrogen-bond donors (Lipinski definition) is 0. The molecule has 1 aromatic rings. The maximum absolute atomic E-state index is 14.1. The van der Waals surface area contributed by atoms with Crippen molar-refractivity contribution in [1.82, 2.24) is 0 Å². The molecule has 2 fully saturated rings. The van der Waals surface area contributed by atoms with Gasteiger partial charge in [-0.2, -0.15) is 13.2 Å². The second-order valence-electron chi connectivity index (χ2n) is 9.08. The molecule has 0 nitrogen and oxygen atoms in total. The lowest BCUT2D eigenvalue weighted by atomic mass is 9.68. The van der Waals surface area contributed by atoms with E-state index in [1.807, 2.05) is 0 Å². The van der Waals surface area contributed by atoms with Gasteiger partial charge in [0, 0.05) is 11.6 Å². The molecule has 0 saturated heterocycles. The highest BCUT2D eigenvalue weighted by atomic mass is 19.4. The van der Waals surface area contributed by atoms with Gasteiger partial charge in [0.1, 0.15) is 11.6 Å². The average Bonchev–Trinajstić information content (AvgIpc) is 2.71. The van der Waals surface area contributed by atoms with Crippen molar-refractivity contribution >= 4 is 6.08 Å². The lowest BCUT2D eigenvalue weighted by molar-refractivity contribution is -0.0790. The van der Waals surface area contributed by atoms with Gasteiger partial charge in [-0.05, 0) is 98.8 Å². The number of alkyl halides is 3. The zero-order chi connectivity index (χ0) is 21.7. The van der Waals surface area contributed by atoms with Crippen LogP contribution in [0.1, 0.15) is 68.9 Å². The first-order chi connectivity index (χ1) is 14.2. The Morgan fingerprint density at radius 3 is 1.90 bits per heavy atom. The highest BCUT2D eigenvalue weighted by molar-refractivity contribution is 5.52. The summed E-state index contributed by atoms with van der Waals surface area (Å²) >= 11 is 0. The first-order valence-corrected chi connectivity index (χ1v) is 11.1. The molecule has 2 saturated carbocycles. The predicted molar refractivity (Wildman–Crippen MR) is 111 cm³/mol. The third-order valence-corrected chi connectivity index (χ3v) is 7.13. The van der Waals surface area contributed by atoms with Gasteiger partial charge in [-0.25, -0.2) is 8.78 Å². The smallest absolute Gasteiger partial charge is 0.206 e. The van der Waals surface area contributed by atoms with Gasteiger partial charge in [-0.1, -0.05) is 18.9 Å². The lowest BCUT2D eigenvalue weighted by Gasteiger charge is -2.37. The average molecular weight is 427 g/mol. The molecule has 0 N–H and O–H groups in total. The Labute approximate surface area is 176 Å². The van der Waals surface area contributed by atoms with E-state index in [4.69, 9.17) is 0 Å². The van der Waals surface area contributed by atoms with E-state index in [0.717, 1.165) is 31.1 Å². The molecule has 0 heterocycles. The Bertz CT molecular complexity index is 709. The normalized spacial score (nSPS) is 28.0. The van der Waals surface area contributed by atoms with Crippen LogP contribution < -0.4 is 0 Å². The van der Waals surface area contributed by atoms with Crippen LogP contribution in [0.4, 0.5) is 22.0 Å². The topological polar surface area (TPSA) is 0 Å². The van der Waals surface area contributed by atoms with Crippen LogP contribution in [0.2, 0.25) is 0 Å². The molecule has 2 aliphatic rings. The van der Waals surface area contributed by atoms with E-state index < -0.39 is 23.4 Å². The number of allylic oxidation sites excluding steroid dienone is 2. The molecule has 3 rings (SSSR count). The first kappa shape index (κ1) is 23.0. The molecule has 0 amide bonds. The van der Waals surface area contributed by atoms with Crippen molar-refractivity contribution in [3.63, 3.8) is 0 Å². The Hall–Kier alpha value is -1.65. The molecule has 0 spiro atoms. The Morgan fingerprint density at radius 2 is 1.40 bits per heavy atom. The van der Waals surface area contributed by atoms with Gasteiger partial charge < -0.3 is 0 Å². The van der Waals surface area contributed by atoms with Crippen molar-refractivity contribution in [3.05, 3.63) is 53.6 Å². The van der Waals surface area contributed by atoms with E-state index in [0.29, 0.717) is 29.9 Å². The Kier molecular flexibility index (Phi) is 7.75. The number of halogens is 5. The van der Waals surface area contributed by atoms with Crippen molar-refractivity contribution in [1.29, 1.82) is 0 Å². The molecular formula is C25H31F5. The van der Waals surface area contributed by atoms with Gasteiger partial charge in [0.2, 0.25) is 0 Å². The molecule has 0 unspecified atom stereocenters. The molecule has 30 heavy (non-hydrogen) atoms. The fraction of sp³-hybridized carbons (Fsp3) is 0.600. The number of aryl methyl sites for hydroxylation is 1. The van der Waals surface area contributed by atoms with Crippen molar-refractivity contribution in [2.24, 2.45) is 23.7 Å². The molecular weight excluding hydrogens is 395 g/mol. The van der Waals surface area contributed by atoms with E-state index in [9.17, 15) is 22.0 Å². The van der Waals surface area contributed by atoms with Crippen LogP contribution in [0.3, 0.4) is 0 Å². The maximum Gasteiger partial charge on any atom is 0.409 e. The zero-order valence-electron chi connectivity index (χ0n) is 17.4. The minimum absolute atomic E-state index is 0.142. The molecule has 0 atom stereocenters. The minimum Gasteiger partial charge on any atom is -0.206 e. The Balaban J connectivity index is 1.47. The van der Waals surface area contributed by atoms with Crippen LogP contribution in [0.25, 0.3) is 6.08 Å². The van der Waals surface area contributed by atoms with Gasteiger partial charge >= 0.3 is 6.18 Å². The third-order valence-electron chi connectivity index (χ3n) is 7.13. The molecule has 0 bridgehead atoms. The highest BCUT2D eigenvalue weighted by Gasteiger charge is 2.30. The number of hydrogen-bond acceptors (Lipinski definition) is 0. The summed E-state index contributed by atoms with van der Waals surface area (Å²) in [5.41, 5.74) is -0.123. The fourth-order valence-corrected chi connectivity index (χ4v) is 5.29. The minimum atomic E-state index is -4.60. The second kappa shape index (κ2) is 10.1. The number of benzene rings is 1. The Morgan fingerprint density at radius 1 is 0.867 bits per heavy atom. The highest BCUT2D eigenvalue weighted by Crippen LogP contribution is 2.42. The molecule has 5 heteroatoms. The number of rotatable bonds is 6. The fourth-order valence-electron chi connectivity index (χ4n) is 5.29. The monoisotopic (exact) mass is 426 g/mol. The van der Waals surface area contributed by atoms with Gasteiger partial charge in [-0.3, -0.25) is 0 Å². The summed E-state index contributed by atoms with van der Waals surface area (Å²) in [6.07, 6.45) is 9.15. The lowest BCUT2D eigenvalue weighted by Crippen LogP contribution is -2.25. The van der Waals surface area contributed by atoms with Crippen molar-refractivity contribution in [3.8, 4) is 0 Å². The van der Waals surface area contributed by atoms with Gasteiger partial charge in [0.05, 0.1) is 0 Å². The van der Waals surface area contributed by atoms with Crippen LogP contribution in [0.15, 0.2) is 30.9 Å². The van der Waals surface area contributed by atoms with E-state index in [1.165, 1.54) is 50.7 Å². The second-order valence-corrected chi connectivity index (χ2v) is 9.08. The summed E-state index contributed by atoms with van der Waals surface area (Å²) in [5, 5.41) is 0. The molecule has 2 aliphatic carbocycles. The summed E-state index contributed by atoms with van der Waals surface area (Å²) in [5.74, 6) is 1.01. The van der Waals surface area contributed by atoms with E-state index in [1.54, 1.807) is 0 Å². The van der Waals surface area contributed by atoms with Crippen LogP contribution in [0.5, 0.6) is 0 Å². The summed E-state index contributed by atoms with van der Waals surface area (Å²) in [6, 6.07) is 2.34. The predicted octanol–water partition coefficient (Wildman–Crippen LogP) is 8.27. The summed E-state index contributed by atoms with van der Waals surface area (Å²) < 4.78 is 65.0. The molecule has 1 aromatic carbocycles. The maximum atomic E-state index is 14.1. The van der Waals surface area contributed by atoms with Gasteiger partial charge in [0.25, 0.3) is 0 Å². The largest absolute Gasteiger partial charge is 0.409 e. The molecule has 0 radical (unpaired) electrons. The molecule has 0 aromatic heterocycles. The van der Waals surface area contributed by atoms with Gasteiger partial charge in [-0.15, -0.1) is 6.58 Å². The molecule has 166 valence electrons. The summed E-state index contributed by atoms with van der Waals surface area (Å²) in [6.45, 7) is 3.92. The van der Waals surface area contributed by atoms with Crippen molar-refractivity contribution in [2.75, 3.05) is 0 Å². The zero-order valence-corrected chi connectivity index (χ0v) is 17.4. The van der Waals surface area contributed by atoms with E-state index >= 15 is 0 Å². The quantitative estimate of drug-likeness (QED) is 0.317. The van der Waals surface area contributed by atoms with E-state index in [-0.39, 0.29) is 6.08 Å². The van der Waals surface area contributed by atoms with Crippen molar-refractivity contribution in [2.45, 2.75) is 70.4 Å². The summed E-state index contributed by atoms with van der Waals surface area (Å²) in [4.78, 5) is 0. The first-order valence-electron chi connectivity index (χ1n) is 11.1. The standard InChI is InChI=1S/C25H31F5/c1-2-17-5-9-20(10-6-17)21-11-7-18(8-12-21)3-4-19-15-23(26)22(24(27)16-19)13-14-25(28,29)30/h2,13-18,20-21H,1,3-12H2/b14-13+. The van der Waals surface area contributed by atoms with Crippen LogP contribution in [0, 0.1) is 35.3 Å². The van der Waals surface area contributed by atoms with Gasteiger partial charge in [0.15, 0.2) is 0 Å². The summed E-state index contributed by atoms with van der Waals surface area (Å²) in [7, 11) is 0.